The Morgan fingerprint density at radius 2 is 2.00 bits per heavy atom. The Bertz CT molecular complexity index is 349. The molecule has 0 aromatic carbocycles. The van der Waals surface area contributed by atoms with E-state index in [9.17, 15) is 0 Å². The molecule has 0 aliphatic rings. The number of rotatable bonds is 4. The third-order valence-corrected chi connectivity index (χ3v) is 3.70. The normalized spacial score (nSPS) is 12.3. The van der Waals surface area contributed by atoms with Crippen molar-refractivity contribution in [3.8, 4) is 11.8 Å². The zero-order valence-corrected chi connectivity index (χ0v) is 10.9. The van der Waals surface area contributed by atoms with Gasteiger partial charge in [0.2, 0.25) is 0 Å². The van der Waals surface area contributed by atoms with E-state index in [0.717, 1.165) is 12.3 Å². The van der Waals surface area contributed by atoms with Crippen LogP contribution in [0, 0.1) is 17.8 Å². The maximum Gasteiger partial charge on any atom is 0.0163 e. The van der Waals surface area contributed by atoms with Gasteiger partial charge in [0.25, 0.3) is 0 Å². The smallest absolute Gasteiger partial charge is 0.0163 e. The molecule has 0 saturated heterocycles. The molecule has 0 amide bonds. The second-order valence-electron chi connectivity index (χ2n) is 4.43. The fraction of sp³-hybridized carbons (Fsp3) is 0.571. The SMILES string of the molecule is CC#CCC(C)c1ccc(CC(C)C)s1. The average molecular weight is 220 g/mol. The lowest BCUT2D eigenvalue weighted by atomic mass is 10.1. The van der Waals surface area contributed by atoms with Gasteiger partial charge in [-0.3, -0.25) is 0 Å². The Hall–Kier alpha value is -0.740. The maximum absolute atomic E-state index is 3.15. The first-order valence-electron chi connectivity index (χ1n) is 5.61. The molecule has 0 radical (unpaired) electrons. The van der Waals surface area contributed by atoms with Gasteiger partial charge in [0.15, 0.2) is 0 Å². The van der Waals surface area contributed by atoms with Crippen molar-refractivity contribution in [2.75, 3.05) is 0 Å². The fourth-order valence-electron chi connectivity index (χ4n) is 1.53. The first-order valence-corrected chi connectivity index (χ1v) is 6.43. The molecule has 1 aromatic rings. The van der Waals surface area contributed by atoms with Gasteiger partial charge in [-0.1, -0.05) is 20.8 Å². The van der Waals surface area contributed by atoms with Gasteiger partial charge in [0.05, 0.1) is 0 Å². The highest BCUT2D eigenvalue weighted by atomic mass is 32.1. The number of hydrogen-bond acceptors (Lipinski definition) is 1. The van der Waals surface area contributed by atoms with Gasteiger partial charge in [-0.15, -0.1) is 23.2 Å². The molecular weight excluding hydrogens is 200 g/mol. The molecule has 1 heterocycles. The summed E-state index contributed by atoms with van der Waals surface area (Å²) < 4.78 is 0. The van der Waals surface area contributed by atoms with Crippen molar-refractivity contribution >= 4 is 11.3 Å². The number of thiophene rings is 1. The Morgan fingerprint density at radius 3 is 2.60 bits per heavy atom. The van der Waals surface area contributed by atoms with Crippen LogP contribution in [0.5, 0.6) is 0 Å². The molecule has 0 fully saturated rings. The van der Waals surface area contributed by atoms with Crippen molar-refractivity contribution in [2.45, 2.75) is 46.5 Å². The highest BCUT2D eigenvalue weighted by molar-refractivity contribution is 7.12. The molecule has 1 atom stereocenters. The van der Waals surface area contributed by atoms with Crippen LogP contribution in [0.4, 0.5) is 0 Å². The molecule has 0 saturated carbocycles. The second-order valence-corrected chi connectivity index (χ2v) is 5.63. The predicted molar refractivity (Wildman–Crippen MR) is 69.3 cm³/mol. The lowest BCUT2D eigenvalue weighted by Crippen LogP contribution is -1.90. The monoisotopic (exact) mass is 220 g/mol. The van der Waals surface area contributed by atoms with E-state index in [0.29, 0.717) is 5.92 Å². The highest BCUT2D eigenvalue weighted by Gasteiger charge is 2.08. The van der Waals surface area contributed by atoms with Crippen LogP contribution in [0.25, 0.3) is 0 Å². The van der Waals surface area contributed by atoms with Crippen molar-refractivity contribution in [3.63, 3.8) is 0 Å². The van der Waals surface area contributed by atoms with Crippen LogP contribution in [-0.4, -0.2) is 0 Å². The molecule has 1 heteroatoms. The Kier molecular flexibility index (Phi) is 4.91. The predicted octanol–water partition coefficient (Wildman–Crippen LogP) is 4.46. The van der Waals surface area contributed by atoms with E-state index >= 15 is 0 Å². The second kappa shape index (κ2) is 5.98. The Balaban J connectivity index is 2.61. The van der Waals surface area contributed by atoms with Gasteiger partial charge in [-0.2, -0.15) is 0 Å². The van der Waals surface area contributed by atoms with Crippen LogP contribution in [0.15, 0.2) is 12.1 Å². The van der Waals surface area contributed by atoms with E-state index in [2.05, 4.69) is 44.7 Å². The fourth-order valence-corrected chi connectivity index (χ4v) is 2.80. The summed E-state index contributed by atoms with van der Waals surface area (Å²) >= 11 is 1.95. The van der Waals surface area contributed by atoms with Crippen molar-refractivity contribution in [3.05, 3.63) is 21.9 Å². The molecule has 0 bridgehead atoms. The van der Waals surface area contributed by atoms with Crippen molar-refractivity contribution in [1.82, 2.24) is 0 Å². The minimum Gasteiger partial charge on any atom is -0.145 e. The average Bonchev–Trinajstić information content (AvgIpc) is 2.61. The molecule has 0 N–H and O–H groups in total. The Morgan fingerprint density at radius 1 is 1.27 bits per heavy atom. The van der Waals surface area contributed by atoms with E-state index in [4.69, 9.17) is 0 Å². The van der Waals surface area contributed by atoms with Crippen LogP contribution in [-0.2, 0) is 6.42 Å². The summed E-state index contributed by atoms with van der Waals surface area (Å²) in [6, 6.07) is 4.54. The quantitative estimate of drug-likeness (QED) is 0.657. The van der Waals surface area contributed by atoms with Crippen LogP contribution in [0.2, 0.25) is 0 Å². The third kappa shape index (κ3) is 4.10. The lowest BCUT2D eigenvalue weighted by Gasteiger charge is -2.04. The van der Waals surface area contributed by atoms with E-state index < -0.39 is 0 Å². The van der Waals surface area contributed by atoms with Crippen LogP contribution in [0.3, 0.4) is 0 Å². The third-order valence-electron chi connectivity index (χ3n) is 2.36. The Labute approximate surface area is 97.7 Å². The maximum atomic E-state index is 3.15. The highest BCUT2D eigenvalue weighted by Crippen LogP contribution is 2.28. The van der Waals surface area contributed by atoms with Crippen LogP contribution in [0.1, 0.15) is 49.8 Å². The summed E-state index contributed by atoms with van der Waals surface area (Å²) in [4.78, 5) is 2.99. The summed E-state index contributed by atoms with van der Waals surface area (Å²) in [6.07, 6.45) is 2.19. The van der Waals surface area contributed by atoms with Gasteiger partial charge in [0.1, 0.15) is 0 Å². The zero-order valence-electron chi connectivity index (χ0n) is 10.1. The van der Waals surface area contributed by atoms with Gasteiger partial charge in [0, 0.05) is 22.1 Å². The molecule has 1 rings (SSSR count). The lowest BCUT2D eigenvalue weighted by molar-refractivity contribution is 0.654. The van der Waals surface area contributed by atoms with Crippen molar-refractivity contribution in [2.24, 2.45) is 5.92 Å². The first-order chi connectivity index (χ1) is 7.13. The van der Waals surface area contributed by atoms with Crippen molar-refractivity contribution in [1.29, 1.82) is 0 Å². The molecule has 0 aliphatic heterocycles. The summed E-state index contributed by atoms with van der Waals surface area (Å²) in [5, 5.41) is 0. The summed E-state index contributed by atoms with van der Waals surface area (Å²) in [5.74, 6) is 7.45. The molecule has 1 aromatic heterocycles. The van der Waals surface area contributed by atoms with Crippen LogP contribution >= 0.6 is 11.3 Å². The van der Waals surface area contributed by atoms with Gasteiger partial charge < -0.3 is 0 Å². The van der Waals surface area contributed by atoms with Crippen LogP contribution < -0.4 is 0 Å². The van der Waals surface area contributed by atoms with Crippen molar-refractivity contribution < 1.29 is 0 Å². The zero-order chi connectivity index (χ0) is 11.3. The van der Waals surface area contributed by atoms with E-state index in [1.54, 1.807) is 0 Å². The summed E-state index contributed by atoms with van der Waals surface area (Å²) in [5.41, 5.74) is 0. The standard InChI is InChI=1S/C14H20S/c1-5-6-7-12(4)14-9-8-13(15-14)10-11(2)3/h8-9,11-12H,7,10H2,1-4H3. The van der Waals surface area contributed by atoms with Gasteiger partial charge in [-0.05, 0) is 31.4 Å². The van der Waals surface area contributed by atoms with Gasteiger partial charge in [-0.25, -0.2) is 0 Å². The van der Waals surface area contributed by atoms with E-state index in [1.807, 2.05) is 18.3 Å². The molecule has 0 aliphatic carbocycles. The molecule has 0 nitrogen and oxygen atoms in total. The molecule has 15 heavy (non-hydrogen) atoms. The summed E-state index contributed by atoms with van der Waals surface area (Å²) in [7, 11) is 0. The molecule has 1 unspecified atom stereocenters. The molecule has 82 valence electrons. The summed E-state index contributed by atoms with van der Waals surface area (Å²) in [6.45, 7) is 8.71. The minimum absolute atomic E-state index is 0.586. The first kappa shape index (κ1) is 12.3. The molecular formula is C14H20S. The van der Waals surface area contributed by atoms with E-state index in [1.165, 1.54) is 16.2 Å². The van der Waals surface area contributed by atoms with E-state index in [-0.39, 0.29) is 0 Å². The van der Waals surface area contributed by atoms with Gasteiger partial charge >= 0.3 is 0 Å². The largest absolute Gasteiger partial charge is 0.145 e. The topological polar surface area (TPSA) is 0 Å². The minimum atomic E-state index is 0.586. The molecule has 0 spiro atoms. The number of hydrogen-bond donors (Lipinski definition) is 0.